The summed E-state index contributed by atoms with van der Waals surface area (Å²) < 4.78 is 1.53. The summed E-state index contributed by atoms with van der Waals surface area (Å²) in [7, 11) is 0. The normalized spacial score (nSPS) is 13.8. The molecule has 5 nitrogen and oxygen atoms in total. The molecule has 106 valence electrons. The lowest BCUT2D eigenvalue weighted by Crippen LogP contribution is -2.38. The second-order valence-electron chi connectivity index (χ2n) is 4.76. The van der Waals surface area contributed by atoms with Crippen molar-refractivity contribution in [3.05, 3.63) is 47.5 Å². The smallest absolute Gasteiger partial charge is 0.244 e. The van der Waals surface area contributed by atoms with Crippen LogP contribution in [0.3, 0.4) is 0 Å². The van der Waals surface area contributed by atoms with Crippen molar-refractivity contribution in [2.75, 3.05) is 0 Å². The largest absolute Gasteiger partial charge is 0.351 e. The van der Waals surface area contributed by atoms with Crippen LogP contribution in [0.4, 0.5) is 0 Å². The van der Waals surface area contributed by atoms with E-state index in [1.165, 1.54) is 17.3 Å². The number of carbonyl (C=O) groups excluding carboxylic acids is 1. The molecule has 1 heterocycles. The van der Waals surface area contributed by atoms with Crippen molar-refractivity contribution in [1.82, 2.24) is 20.1 Å². The first kappa shape index (κ1) is 14.5. The van der Waals surface area contributed by atoms with Gasteiger partial charge < -0.3 is 5.32 Å². The van der Waals surface area contributed by atoms with E-state index in [0.29, 0.717) is 6.42 Å². The van der Waals surface area contributed by atoms with Crippen molar-refractivity contribution in [3.63, 3.8) is 0 Å². The average Bonchev–Trinajstić information content (AvgIpc) is 2.94. The van der Waals surface area contributed by atoms with Crippen LogP contribution in [0.5, 0.6) is 0 Å². The lowest BCUT2D eigenvalue weighted by atomic mass is 10.1. The average molecular weight is 293 g/mol. The molecule has 0 saturated heterocycles. The molecule has 0 fully saturated rings. The van der Waals surface area contributed by atoms with E-state index in [9.17, 15) is 4.79 Å². The molecule has 20 heavy (non-hydrogen) atoms. The summed E-state index contributed by atoms with van der Waals surface area (Å²) >= 11 is 6.11. The third-order valence-electron chi connectivity index (χ3n) is 3.09. The van der Waals surface area contributed by atoms with E-state index in [1.807, 2.05) is 31.2 Å². The molecule has 1 aromatic carbocycles. The van der Waals surface area contributed by atoms with E-state index < -0.39 is 0 Å². The van der Waals surface area contributed by atoms with Crippen molar-refractivity contribution < 1.29 is 4.79 Å². The molecule has 1 aromatic heterocycles. The van der Waals surface area contributed by atoms with Gasteiger partial charge in [0.1, 0.15) is 18.7 Å². The van der Waals surface area contributed by atoms with Gasteiger partial charge in [0.2, 0.25) is 5.91 Å². The number of rotatable bonds is 5. The molecule has 2 aromatic rings. The number of hydrogen-bond donors (Lipinski definition) is 1. The fourth-order valence-electron chi connectivity index (χ4n) is 1.95. The van der Waals surface area contributed by atoms with Gasteiger partial charge in [-0.05, 0) is 31.9 Å². The maximum absolute atomic E-state index is 12.1. The molecule has 0 bridgehead atoms. The molecule has 0 spiro atoms. The highest BCUT2D eigenvalue weighted by atomic mass is 35.5. The zero-order valence-corrected chi connectivity index (χ0v) is 12.2. The van der Waals surface area contributed by atoms with Gasteiger partial charge in [-0.2, -0.15) is 5.10 Å². The first-order valence-electron chi connectivity index (χ1n) is 6.46. The SMILES string of the molecule is CC(Cc1ccccc1Cl)NC(=O)C(C)n1cncn1. The standard InChI is InChI=1S/C14H17ClN4O/c1-10(7-12-5-3-4-6-13(12)15)18-14(20)11(2)19-9-16-8-17-19/h3-6,8-11H,7H2,1-2H3,(H,18,20). The van der Waals surface area contributed by atoms with Crippen LogP contribution >= 0.6 is 11.6 Å². The molecule has 2 unspecified atom stereocenters. The molecule has 0 radical (unpaired) electrons. The Morgan fingerprint density at radius 1 is 1.40 bits per heavy atom. The molecular formula is C14H17ClN4O. The summed E-state index contributed by atoms with van der Waals surface area (Å²) in [6.07, 6.45) is 3.63. The Morgan fingerprint density at radius 2 is 2.15 bits per heavy atom. The molecular weight excluding hydrogens is 276 g/mol. The topological polar surface area (TPSA) is 59.8 Å². The van der Waals surface area contributed by atoms with Crippen molar-refractivity contribution in [1.29, 1.82) is 0 Å². The summed E-state index contributed by atoms with van der Waals surface area (Å²) in [5.41, 5.74) is 1.02. The van der Waals surface area contributed by atoms with Gasteiger partial charge >= 0.3 is 0 Å². The number of amides is 1. The van der Waals surface area contributed by atoms with Crippen LogP contribution in [0, 0.1) is 0 Å². The Morgan fingerprint density at radius 3 is 2.80 bits per heavy atom. The summed E-state index contributed by atoms with van der Waals surface area (Å²) in [5.74, 6) is -0.0879. The summed E-state index contributed by atoms with van der Waals surface area (Å²) in [6, 6.07) is 7.25. The maximum Gasteiger partial charge on any atom is 0.244 e. The van der Waals surface area contributed by atoms with Crippen LogP contribution in [0.25, 0.3) is 0 Å². The van der Waals surface area contributed by atoms with Gasteiger partial charge in [0.05, 0.1) is 0 Å². The minimum Gasteiger partial charge on any atom is -0.351 e. The van der Waals surface area contributed by atoms with Crippen molar-refractivity contribution in [3.8, 4) is 0 Å². The van der Waals surface area contributed by atoms with Gasteiger partial charge in [-0.15, -0.1) is 0 Å². The third-order valence-corrected chi connectivity index (χ3v) is 3.45. The van der Waals surface area contributed by atoms with Crippen molar-refractivity contribution in [2.24, 2.45) is 0 Å². The van der Waals surface area contributed by atoms with Crippen LogP contribution in [0.2, 0.25) is 5.02 Å². The molecule has 0 aliphatic rings. The maximum atomic E-state index is 12.1. The molecule has 1 amide bonds. The number of aromatic nitrogens is 3. The molecule has 6 heteroatoms. The van der Waals surface area contributed by atoms with Gasteiger partial charge in [0, 0.05) is 11.1 Å². The highest BCUT2D eigenvalue weighted by Gasteiger charge is 2.17. The van der Waals surface area contributed by atoms with Gasteiger partial charge in [0.15, 0.2) is 0 Å². The Balaban J connectivity index is 1.93. The first-order valence-corrected chi connectivity index (χ1v) is 6.83. The van der Waals surface area contributed by atoms with Crippen LogP contribution < -0.4 is 5.32 Å². The van der Waals surface area contributed by atoms with Crippen LogP contribution in [0.1, 0.15) is 25.5 Å². The predicted octanol–water partition coefficient (Wildman–Crippen LogP) is 2.24. The Labute approximate surface area is 123 Å². The van der Waals surface area contributed by atoms with E-state index in [2.05, 4.69) is 15.4 Å². The molecule has 0 aliphatic carbocycles. The van der Waals surface area contributed by atoms with Gasteiger partial charge in [-0.25, -0.2) is 9.67 Å². The van der Waals surface area contributed by atoms with Gasteiger partial charge in [0.25, 0.3) is 0 Å². The van der Waals surface area contributed by atoms with Crippen LogP contribution in [-0.2, 0) is 11.2 Å². The highest BCUT2D eigenvalue weighted by molar-refractivity contribution is 6.31. The van der Waals surface area contributed by atoms with Crippen LogP contribution in [0.15, 0.2) is 36.9 Å². The molecule has 0 aliphatic heterocycles. The molecule has 0 saturated carbocycles. The Bertz CT molecular complexity index is 570. The number of nitrogens with zero attached hydrogens (tertiary/aromatic N) is 3. The molecule has 2 atom stereocenters. The zero-order valence-electron chi connectivity index (χ0n) is 11.5. The van der Waals surface area contributed by atoms with E-state index in [1.54, 1.807) is 6.92 Å². The first-order chi connectivity index (χ1) is 9.58. The second kappa shape index (κ2) is 6.52. The lowest BCUT2D eigenvalue weighted by molar-refractivity contribution is -0.124. The van der Waals surface area contributed by atoms with Gasteiger partial charge in [-0.1, -0.05) is 29.8 Å². The number of hydrogen-bond acceptors (Lipinski definition) is 3. The second-order valence-corrected chi connectivity index (χ2v) is 5.16. The third kappa shape index (κ3) is 3.57. The number of halogens is 1. The minimum absolute atomic E-state index is 0.00614. The Kier molecular flexibility index (Phi) is 4.74. The van der Waals surface area contributed by atoms with E-state index in [-0.39, 0.29) is 18.0 Å². The van der Waals surface area contributed by atoms with E-state index >= 15 is 0 Å². The monoisotopic (exact) mass is 292 g/mol. The quantitative estimate of drug-likeness (QED) is 0.919. The Hall–Kier alpha value is -1.88. The zero-order chi connectivity index (χ0) is 14.5. The highest BCUT2D eigenvalue weighted by Crippen LogP contribution is 2.16. The van der Waals surface area contributed by atoms with E-state index in [0.717, 1.165) is 10.6 Å². The fourth-order valence-corrected chi connectivity index (χ4v) is 2.16. The minimum atomic E-state index is -0.383. The number of carbonyl (C=O) groups is 1. The van der Waals surface area contributed by atoms with Gasteiger partial charge in [-0.3, -0.25) is 4.79 Å². The van der Waals surface area contributed by atoms with Crippen molar-refractivity contribution >= 4 is 17.5 Å². The van der Waals surface area contributed by atoms with Crippen molar-refractivity contribution in [2.45, 2.75) is 32.4 Å². The summed E-state index contributed by atoms with van der Waals surface area (Å²) in [4.78, 5) is 15.9. The number of benzene rings is 1. The summed E-state index contributed by atoms with van der Waals surface area (Å²) in [6.45, 7) is 3.74. The summed E-state index contributed by atoms with van der Waals surface area (Å²) in [5, 5.41) is 7.64. The number of nitrogens with one attached hydrogen (secondary N) is 1. The predicted molar refractivity (Wildman–Crippen MR) is 77.5 cm³/mol. The fraction of sp³-hybridized carbons (Fsp3) is 0.357. The van der Waals surface area contributed by atoms with Crippen LogP contribution in [-0.4, -0.2) is 26.7 Å². The molecule has 1 N–H and O–H groups in total. The van der Waals surface area contributed by atoms with E-state index in [4.69, 9.17) is 11.6 Å². The lowest BCUT2D eigenvalue weighted by Gasteiger charge is -2.18. The molecule has 2 rings (SSSR count).